The molecule has 0 saturated carbocycles. The van der Waals surface area contributed by atoms with E-state index in [0.717, 1.165) is 0 Å². The second-order valence-electron chi connectivity index (χ2n) is 3.60. The summed E-state index contributed by atoms with van der Waals surface area (Å²) in [5.74, 6) is -0.271. The number of nitriles is 1. The lowest BCUT2D eigenvalue weighted by Crippen LogP contribution is -2.08. The van der Waals surface area contributed by atoms with E-state index in [0.29, 0.717) is 22.5 Å². The van der Waals surface area contributed by atoms with Gasteiger partial charge in [-0.25, -0.2) is 0 Å². The summed E-state index contributed by atoms with van der Waals surface area (Å²) in [4.78, 5) is 11.1. The summed E-state index contributed by atoms with van der Waals surface area (Å²) in [7, 11) is 0. The number of hydrogen-bond donors (Lipinski definition) is 2. The van der Waals surface area contributed by atoms with Crippen molar-refractivity contribution in [2.75, 3.05) is 5.32 Å². The van der Waals surface area contributed by atoms with Crippen LogP contribution in [0.4, 0.5) is 5.69 Å². The minimum absolute atomic E-state index is 0.248. The maximum Gasteiger partial charge on any atom is 0.221 e. The van der Waals surface area contributed by atoms with Gasteiger partial charge in [-0.1, -0.05) is 6.07 Å². The van der Waals surface area contributed by atoms with E-state index in [4.69, 9.17) is 5.26 Å². The molecule has 0 fully saturated rings. The van der Waals surface area contributed by atoms with E-state index >= 15 is 0 Å². The molecule has 17 heavy (non-hydrogen) atoms. The van der Waals surface area contributed by atoms with Crippen LogP contribution in [0.15, 0.2) is 24.4 Å². The van der Waals surface area contributed by atoms with Crippen molar-refractivity contribution in [3.8, 4) is 6.07 Å². The standard InChI is InChI=1S/C12H11N3O2/c1-8(17)14-12-9(6-13)10-4-2-3-5-15(10)11(12)7-16/h2-5,16H,7H2,1H3,(H,14,17). The molecule has 5 heteroatoms. The topological polar surface area (TPSA) is 77.5 Å². The fraction of sp³-hybridized carbons (Fsp3) is 0.167. The molecule has 2 aromatic rings. The van der Waals surface area contributed by atoms with Gasteiger partial charge in [0.1, 0.15) is 11.6 Å². The molecule has 0 spiro atoms. The molecule has 0 aliphatic heterocycles. The van der Waals surface area contributed by atoms with Crippen LogP contribution in [0.3, 0.4) is 0 Å². The fourth-order valence-corrected chi connectivity index (χ4v) is 1.85. The Morgan fingerprint density at radius 1 is 1.59 bits per heavy atom. The predicted octanol–water partition coefficient (Wildman–Crippen LogP) is 1.26. The van der Waals surface area contributed by atoms with Crippen molar-refractivity contribution in [2.45, 2.75) is 13.5 Å². The van der Waals surface area contributed by atoms with Gasteiger partial charge in [-0.05, 0) is 12.1 Å². The van der Waals surface area contributed by atoms with Crippen molar-refractivity contribution in [2.24, 2.45) is 0 Å². The molecule has 2 heterocycles. The first kappa shape index (κ1) is 11.2. The number of amides is 1. The Hall–Kier alpha value is -2.32. The fourth-order valence-electron chi connectivity index (χ4n) is 1.85. The van der Waals surface area contributed by atoms with Crippen molar-refractivity contribution < 1.29 is 9.90 Å². The van der Waals surface area contributed by atoms with Gasteiger partial charge in [-0.3, -0.25) is 4.79 Å². The number of fused-ring (bicyclic) bond motifs is 1. The minimum Gasteiger partial charge on any atom is -0.390 e. The van der Waals surface area contributed by atoms with Crippen LogP contribution in [0.2, 0.25) is 0 Å². The SMILES string of the molecule is CC(=O)Nc1c(C#N)c2ccccn2c1CO. The van der Waals surface area contributed by atoms with E-state index in [9.17, 15) is 9.90 Å². The van der Waals surface area contributed by atoms with E-state index in [1.807, 2.05) is 0 Å². The van der Waals surface area contributed by atoms with E-state index in [1.165, 1.54) is 6.92 Å². The highest BCUT2D eigenvalue weighted by Gasteiger charge is 2.17. The number of carbonyl (C=O) groups is 1. The Labute approximate surface area is 97.9 Å². The second-order valence-corrected chi connectivity index (χ2v) is 3.60. The van der Waals surface area contributed by atoms with Crippen LogP contribution in [0, 0.1) is 11.3 Å². The molecule has 2 rings (SSSR count). The monoisotopic (exact) mass is 229 g/mol. The molecule has 0 bridgehead atoms. The van der Waals surface area contributed by atoms with Gasteiger partial charge in [-0.15, -0.1) is 0 Å². The maximum absolute atomic E-state index is 11.1. The second kappa shape index (κ2) is 4.28. The van der Waals surface area contributed by atoms with Crippen LogP contribution in [-0.4, -0.2) is 15.4 Å². The maximum atomic E-state index is 11.1. The molecule has 2 aromatic heterocycles. The molecule has 86 valence electrons. The summed E-state index contributed by atoms with van der Waals surface area (Å²) in [5.41, 5.74) is 1.92. The smallest absolute Gasteiger partial charge is 0.221 e. The molecule has 5 nitrogen and oxygen atoms in total. The van der Waals surface area contributed by atoms with Gasteiger partial charge in [-0.2, -0.15) is 5.26 Å². The number of aliphatic hydroxyl groups is 1. The molecule has 0 radical (unpaired) electrons. The normalized spacial score (nSPS) is 10.2. The van der Waals surface area contributed by atoms with Crippen LogP contribution in [0.5, 0.6) is 0 Å². The summed E-state index contributed by atoms with van der Waals surface area (Å²) in [6.07, 6.45) is 1.74. The van der Waals surface area contributed by atoms with Crippen LogP contribution in [0.25, 0.3) is 5.52 Å². The number of hydrogen-bond acceptors (Lipinski definition) is 3. The average molecular weight is 229 g/mol. The number of aliphatic hydroxyl groups excluding tert-OH is 1. The van der Waals surface area contributed by atoms with Crippen molar-refractivity contribution in [1.29, 1.82) is 5.26 Å². The van der Waals surface area contributed by atoms with Gasteiger partial charge < -0.3 is 14.8 Å². The zero-order chi connectivity index (χ0) is 12.4. The van der Waals surface area contributed by atoms with Crippen LogP contribution >= 0.6 is 0 Å². The molecule has 0 unspecified atom stereocenters. The van der Waals surface area contributed by atoms with Gasteiger partial charge in [0.15, 0.2) is 0 Å². The molecule has 0 atom stereocenters. The zero-order valence-corrected chi connectivity index (χ0v) is 9.27. The molecule has 0 aliphatic rings. The van der Waals surface area contributed by atoms with Crippen LogP contribution in [-0.2, 0) is 11.4 Å². The number of aromatic nitrogens is 1. The third-order valence-electron chi connectivity index (χ3n) is 2.51. The van der Waals surface area contributed by atoms with Crippen molar-refractivity contribution in [3.05, 3.63) is 35.7 Å². The summed E-state index contributed by atoms with van der Waals surface area (Å²) < 4.78 is 1.70. The average Bonchev–Trinajstić information content (AvgIpc) is 2.60. The van der Waals surface area contributed by atoms with Gasteiger partial charge in [0.05, 0.1) is 23.5 Å². The van der Waals surface area contributed by atoms with E-state index in [1.54, 1.807) is 28.8 Å². The zero-order valence-electron chi connectivity index (χ0n) is 9.27. The number of rotatable bonds is 2. The molecule has 2 N–H and O–H groups in total. The number of nitrogens with one attached hydrogen (secondary N) is 1. The molecular formula is C12H11N3O2. The van der Waals surface area contributed by atoms with Crippen LogP contribution < -0.4 is 5.32 Å². The number of pyridine rings is 1. The number of nitrogens with zero attached hydrogens (tertiary/aromatic N) is 2. The Kier molecular flexibility index (Phi) is 2.81. The van der Waals surface area contributed by atoms with Crippen molar-refractivity contribution in [3.63, 3.8) is 0 Å². The molecule has 0 aromatic carbocycles. The highest BCUT2D eigenvalue weighted by atomic mass is 16.3. The Morgan fingerprint density at radius 2 is 2.35 bits per heavy atom. The summed E-state index contributed by atoms with van der Waals surface area (Å²) >= 11 is 0. The highest BCUT2D eigenvalue weighted by molar-refractivity contribution is 5.94. The molecular weight excluding hydrogens is 218 g/mol. The third-order valence-corrected chi connectivity index (χ3v) is 2.51. The van der Waals surface area contributed by atoms with Gasteiger partial charge in [0.2, 0.25) is 5.91 Å². The first-order valence-electron chi connectivity index (χ1n) is 5.09. The highest BCUT2D eigenvalue weighted by Crippen LogP contribution is 2.28. The summed E-state index contributed by atoms with van der Waals surface area (Å²) in [6.45, 7) is 1.12. The van der Waals surface area contributed by atoms with E-state index in [-0.39, 0.29) is 12.5 Å². The van der Waals surface area contributed by atoms with Gasteiger partial charge >= 0.3 is 0 Å². The van der Waals surface area contributed by atoms with Gasteiger partial charge in [0.25, 0.3) is 0 Å². The number of anilines is 1. The Bertz CT molecular complexity index is 622. The lowest BCUT2D eigenvalue weighted by atomic mass is 10.2. The predicted molar refractivity (Wildman–Crippen MR) is 62.3 cm³/mol. The molecule has 0 aliphatic carbocycles. The first-order chi connectivity index (χ1) is 8.19. The number of carbonyl (C=O) groups excluding carboxylic acids is 1. The Morgan fingerprint density at radius 3 is 2.94 bits per heavy atom. The molecule has 1 amide bonds. The summed E-state index contributed by atoms with van der Waals surface area (Å²) in [6, 6.07) is 7.42. The Balaban J connectivity index is 2.79. The minimum atomic E-state index is -0.271. The largest absolute Gasteiger partial charge is 0.390 e. The van der Waals surface area contributed by atoms with Crippen molar-refractivity contribution in [1.82, 2.24) is 4.40 Å². The van der Waals surface area contributed by atoms with E-state index < -0.39 is 0 Å². The third kappa shape index (κ3) is 1.75. The van der Waals surface area contributed by atoms with Crippen molar-refractivity contribution >= 4 is 17.1 Å². The summed E-state index contributed by atoms with van der Waals surface area (Å²) in [5, 5.41) is 21.1. The van der Waals surface area contributed by atoms with E-state index in [2.05, 4.69) is 11.4 Å². The van der Waals surface area contributed by atoms with Gasteiger partial charge in [0, 0.05) is 13.1 Å². The quantitative estimate of drug-likeness (QED) is 0.813. The lowest BCUT2D eigenvalue weighted by Gasteiger charge is -2.03. The lowest BCUT2D eigenvalue weighted by molar-refractivity contribution is -0.114. The van der Waals surface area contributed by atoms with Crippen LogP contribution in [0.1, 0.15) is 18.2 Å². The molecule has 0 saturated heterocycles. The first-order valence-corrected chi connectivity index (χ1v) is 5.09.